The van der Waals surface area contributed by atoms with Crippen molar-refractivity contribution in [2.45, 2.75) is 24.9 Å². The lowest BCUT2D eigenvalue weighted by Gasteiger charge is -2.16. The van der Waals surface area contributed by atoms with E-state index in [-0.39, 0.29) is 29.5 Å². The number of rotatable bonds is 8. The lowest BCUT2D eigenvalue weighted by Crippen LogP contribution is -2.28. The monoisotopic (exact) mass is 427 g/mol. The van der Waals surface area contributed by atoms with Crippen LogP contribution in [0.5, 0.6) is 0 Å². The molecular weight excluding hydrogens is 406 g/mol. The number of esters is 2. The normalized spacial score (nSPS) is 11.5. The van der Waals surface area contributed by atoms with Crippen LogP contribution in [0.1, 0.15) is 27.3 Å². The number of hydrogen-bond acceptors (Lipinski definition) is 8. The van der Waals surface area contributed by atoms with Gasteiger partial charge in [-0.15, -0.1) is 11.3 Å². The van der Waals surface area contributed by atoms with E-state index in [1.54, 1.807) is 6.07 Å². The fraction of sp³-hybridized carbons (Fsp3) is 0.389. The third-order valence-electron chi connectivity index (χ3n) is 4.12. The van der Waals surface area contributed by atoms with Crippen molar-refractivity contribution < 1.29 is 32.3 Å². The summed E-state index contributed by atoms with van der Waals surface area (Å²) in [5, 5.41) is 1.75. The second kappa shape index (κ2) is 8.70. The molecule has 0 fully saturated rings. The number of aromatic nitrogens is 1. The van der Waals surface area contributed by atoms with Crippen LogP contribution in [-0.2, 0) is 35.4 Å². The van der Waals surface area contributed by atoms with Crippen LogP contribution in [0.3, 0.4) is 0 Å². The molecule has 0 atom stereocenters. The lowest BCUT2D eigenvalue weighted by atomic mass is 10.1. The molecule has 0 aliphatic carbocycles. The smallest absolute Gasteiger partial charge is 0.320 e. The van der Waals surface area contributed by atoms with E-state index in [9.17, 15) is 22.8 Å². The Hall–Kier alpha value is -2.46. The van der Waals surface area contributed by atoms with E-state index in [2.05, 4.69) is 9.47 Å². The molecular formula is C18H21NO7S2. The summed E-state index contributed by atoms with van der Waals surface area (Å²) in [4.78, 5) is 37.1. The Morgan fingerprint density at radius 2 is 1.75 bits per heavy atom. The van der Waals surface area contributed by atoms with Crippen LogP contribution in [0, 0.1) is 12.8 Å². The van der Waals surface area contributed by atoms with Gasteiger partial charge < -0.3 is 14.0 Å². The maximum Gasteiger partial charge on any atom is 0.320 e. The Balaban J connectivity index is 2.43. The van der Waals surface area contributed by atoms with Crippen molar-refractivity contribution in [1.29, 1.82) is 0 Å². The minimum absolute atomic E-state index is 0.0598. The summed E-state index contributed by atoms with van der Waals surface area (Å²) in [5.41, 5.74) is 1.09. The number of ether oxygens (including phenoxy) is 2. The van der Waals surface area contributed by atoms with Crippen LogP contribution in [0.2, 0.25) is 0 Å². The number of aryl methyl sites for hydroxylation is 1. The topological polar surface area (TPSA) is 109 Å². The van der Waals surface area contributed by atoms with E-state index in [1.165, 1.54) is 28.0 Å². The van der Waals surface area contributed by atoms with Crippen LogP contribution in [0.25, 0.3) is 0 Å². The van der Waals surface area contributed by atoms with Gasteiger partial charge >= 0.3 is 11.9 Å². The van der Waals surface area contributed by atoms with Gasteiger partial charge in [-0.05, 0) is 42.5 Å². The van der Waals surface area contributed by atoms with Crippen molar-refractivity contribution in [2.24, 2.45) is 5.92 Å². The third kappa shape index (κ3) is 4.68. The SMILES string of the molecule is COC(=O)C(CCn1c(C(=O)c2cc(C)cs2)ccc1S(C)(=O)=O)C(=O)OC. The maximum absolute atomic E-state index is 12.9. The lowest BCUT2D eigenvalue weighted by molar-refractivity contribution is -0.159. The summed E-state index contributed by atoms with van der Waals surface area (Å²) in [6, 6.07) is 4.49. The highest BCUT2D eigenvalue weighted by Crippen LogP contribution is 2.23. The van der Waals surface area contributed by atoms with E-state index in [1.807, 2.05) is 12.3 Å². The molecule has 0 aliphatic rings. The summed E-state index contributed by atoms with van der Waals surface area (Å²) in [6.07, 6.45) is 0.945. The Morgan fingerprint density at radius 3 is 2.21 bits per heavy atom. The second-order valence-electron chi connectivity index (χ2n) is 6.19. The zero-order valence-corrected chi connectivity index (χ0v) is 17.6. The molecule has 0 spiro atoms. The molecule has 0 aliphatic heterocycles. The second-order valence-corrected chi connectivity index (χ2v) is 9.06. The van der Waals surface area contributed by atoms with Crippen molar-refractivity contribution in [3.63, 3.8) is 0 Å². The largest absolute Gasteiger partial charge is 0.468 e. The first-order chi connectivity index (χ1) is 13.1. The van der Waals surface area contributed by atoms with E-state index in [4.69, 9.17) is 0 Å². The van der Waals surface area contributed by atoms with Gasteiger partial charge in [0, 0.05) is 12.8 Å². The Labute approximate surface area is 167 Å². The Bertz CT molecular complexity index is 985. The number of thiophene rings is 1. The predicted molar refractivity (Wildman–Crippen MR) is 102 cm³/mol. The number of hydrogen-bond donors (Lipinski definition) is 0. The van der Waals surface area contributed by atoms with Crippen LogP contribution < -0.4 is 0 Å². The molecule has 8 nitrogen and oxygen atoms in total. The minimum Gasteiger partial charge on any atom is -0.468 e. The fourth-order valence-electron chi connectivity index (χ4n) is 2.75. The molecule has 0 unspecified atom stereocenters. The molecule has 2 aromatic heterocycles. The zero-order chi connectivity index (χ0) is 21.1. The van der Waals surface area contributed by atoms with Gasteiger partial charge in [0.1, 0.15) is 5.03 Å². The quantitative estimate of drug-likeness (QED) is 0.359. The highest BCUT2D eigenvalue weighted by molar-refractivity contribution is 7.90. The van der Waals surface area contributed by atoms with Gasteiger partial charge in [-0.3, -0.25) is 14.4 Å². The molecule has 0 radical (unpaired) electrons. The summed E-state index contributed by atoms with van der Waals surface area (Å²) in [6.45, 7) is 1.79. The van der Waals surface area contributed by atoms with Gasteiger partial charge in [-0.25, -0.2) is 8.42 Å². The highest BCUT2D eigenvalue weighted by atomic mass is 32.2. The van der Waals surface area contributed by atoms with Gasteiger partial charge in [-0.2, -0.15) is 0 Å². The number of sulfone groups is 1. The number of nitrogens with zero attached hydrogens (tertiary/aromatic N) is 1. The first-order valence-corrected chi connectivity index (χ1v) is 11.0. The van der Waals surface area contributed by atoms with Gasteiger partial charge in [0.2, 0.25) is 5.78 Å². The first kappa shape index (κ1) is 21.8. The Kier molecular flexibility index (Phi) is 6.78. The molecule has 0 bridgehead atoms. The molecule has 0 N–H and O–H groups in total. The standard InChI is InChI=1S/C18H21NO7S2/c1-11-9-14(27-10-11)16(20)13-5-6-15(28(4,23)24)19(13)8-7-12(17(21)25-2)18(22)26-3/h5-6,9-10,12H,7-8H2,1-4H3. The van der Waals surface area contributed by atoms with Crippen LogP contribution >= 0.6 is 11.3 Å². The summed E-state index contributed by atoms with van der Waals surface area (Å²) >= 11 is 1.26. The van der Waals surface area contributed by atoms with Gasteiger partial charge in [0.25, 0.3) is 0 Å². The molecule has 0 amide bonds. The first-order valence-electron chi connectivity index (χ1n) is 8.25. The summed E-state index contributed by atoms with van der Waals surface area (Å²) in [5.74, 6) is -3.14. The van der Waals surface area contributed by atoms with Crippen molar-refractivity contribution in [3.05, 3.63) is 39.7 Å². The van der Waals surface area contributed by atoms with Crippen LogP contribution in [0.15, 0.2) is 28.6 Å². The summed E-state index contributed by atoms with van der Waals surface area (Å²) in [7, 11) is -1.36. The van der Waals surface area contributed by atoms with Crippen molar-refractivity contribution in [3.8, 4) is 0 Å². The van der Waals surface area contributed by atoms with Gasteiger partial charge in [-0.1, -0.05) is 0 Å². The minimum atomic E-state index is -3.64. The van der Waals surface area contributed by atoms with Gasteiger partial charge in [0.15, 0.2) is 15.8 Å². The van der Waals surface area contributed by atoms with Gasteiger partial charge in [0.05, 0.1) is 24.8 Å². The molecule has 28 heavy (non-hydrogen) atoms. The molecule has 10 heteroatoms. The van der Waals surface area contributed by atoms with E-state index in [0.717, 1.165) is 26.0 Å². The van der Waals surface area contributed by atoms with Crippen molar-refractivity contribution in [1.82, 2.24) is 4.57 Å². The third-order valence-corrected chi connectivity index (χ3v) is 6.28. The number of methoxy groups -OCH3 is 2. The van der Waals surface area contributed by atoms with Crippen LogP contribution in [-0.4, -0.2) is 51.2 Å². The highest BCUT2D eigenvalue weighted by Gasteiger charge is 2.30. The average molecular weight is 428 g/mol. The Morgan fingerprint density at radius 1 is 1.14 bits per heavy atom. The van der Waals surface area contributed by atoms with Crippen molar-refractivity contribution in [2.75, 3.05) is 20.5 Å². The average Bonchev–Trinajstić information content (AvgIpc) is 3.26. The molecule has 152 valence electrons. The number of carbonyl (C=O) groups is 3. The molecule has 2 aromatic rings. The molecule has 2 heterocycles. The fourth-order valence-corrected chi connectivity index (χ4v) is 4.50. The molecule has 2 rings (SSSR count). The van der Waals surface area contributed by atoms with E-state index < -0.39 is 27.7 Å². The zero-order valence-electron chi connectivity index (χ0n) is 15.9. The van der Waals surface area contributed by atoms with Crippen molar-refractivity contribution >= 4 is 38.9 Å². The van der Waals surface area contributed by atoms with Crippen LogP contribution in [0.4, 0.5) is 0 Å². The molecule has 0 saturated carbocycles. The number of carbonyl (C=O) groups excluding carboxylic acids is 3. The molecule has 0 aromatic carbocycles. The summed E-state index contributed by atoms with van der Waals surface area (Å²) < 4.78 is 34.8. The molecule has 0 saturated heterocycles. The van der Waals surface area contributed by atoms with E-state index in [0.29, 0.717) is 4.88 Å². The predicted octanol–water partition coefficient (Wildman–Crippen LogP) is 1.84. The van der Waals surface area contributed by atoms with E-state index >= 15 is 0 Å². The number of ketones is 1. The maximum atomic E-state index is 12.9.